The molecule has 1 saturated heterocycles. The first-order chi connectivity index (χ1) is 10.1. The fourth-order valence-electron chi connectivity index (χ4n) is 3.28. The van der Waals surface area contributed by atoms with Gasteiger partial charge >= 0.3 is 0 Å². The second-order valence-corrected chi connectivity index (χ2v) is 7.88. The molecule has 1 aliphatic heterocycles. The summed E-state index contributed by atoms with van der Waals surface area (Å²) in [6.07, 6.45) is 2.83. The summed E-state index contributed by atoms with van der Waals surface area (Å²) < 4.78 is 0.844. The number of carbonyl (C=O) groups is 1. The van der Waals surface area contributed by atoms with Gasteiger partial charge in [0.2, 0.25) is 5.91 Å². The quantitative estimate of drug-likeness (QED) is 0.848. The number of carbonyl (C=O) groups excluding carboxylic acids is 1. The van der Waals surface area contributed by atoms with E-state index in [9.17, 15) is 4.79 Å². The smallest absolute Gasteiger partial charge is 0.225 e. The van der Waals surface area contributed by atoms with E-state index in [1.165, 1.54) is 4.88 Å². The van der Waals surface area contributed by atoms with Gasteiger partial charge in [-0.1, -0.05) is 11.6 Å². The zero-order valence-corrected chi connectivity index (χ0v) is 16.2. The Bertz CT molecular complexity index is 506. The van der Waals surface area contributed by atoms with Crippen LogP contribution in [0.15, 0.2) is 12.1 Å². The predicted molar refractivity (Wildman–Crippen MR) is 101 cm³/mol. The van der Waals surface area contributed by atoms with Crippen molar-refractivity contribution < 1.29 is 4.79 Å². The van der Waals surface area contributed by atoms with Crippen LogP contribution >= 0.6 is 47.8 Å². The third kappa shape index (κ3) is 5.48. The second kappa shape index (κ2) is 9.44. The lowest BCUT2D eigenvalue weighted by atomic mass is 10.1. The van der Waals surface area contributed by atoms with Gasteiger partial charge in [0.25, 0.3) is 0 Å². The monoisotopic (exact) mass is 399 g/mol. The van der Waals surface area contributed by atoms with Crippen LogP contribution in [-0.2, 0) is 11.3 Å². The number of amides is 1. The van der Waals surface area contributed by atoms with Crippen molar-refractivity contribution >= 4 is 53.7 Å². The van der Waals surface area contributed by atoms with Crippen LogP contribution in [0.1, 0.15) is 24.1 Å². The molecule has 2 unspecified atom stereocenters. The molecule has 1 aliphatic carbocycles. The van der Waals surface area contributed by atoms with Crippen molar-refractivity contribution in [3.63, 3.8) is 0 Å². The Kier molecular flexibility index (Phi) is 8.63. The molecule has 0 bridgehead atoms. The van der Waals surface area contributed by atoms with Gasteiger partial charge in [-0.05, 0) is 31.4 Å². The molecular weight excluding hydrogens is 377 g/mol. The van der Waals surface area contributed by atoms with Gasteiger partial charge in [-0.25, -0.2) is 0 Å². The molecule has 2 N–H and O–H groups in total. The van der Waals surface area contributed by atoms with Crippen molar-refractivity contribution in [1.82, 2.24) is 9.80 Å². The van der Waals surface area contributed by atoms with E-state index in [2.05, 4.69) is 11.0 Å². The van der Waals surface area contributed by atoms with Crippen molar-refractivity contribution in [2.45, 2.75) is 31.8 Å². The summed E-state index contributed by atoms with van der Waals surface area (Å²) in [5.74, 6) is 0.490. The highest BCUT2D eigenvalue weighted by Gasteiger charge is 2.32. The second-order valence-electron chi connectivity index (χ2n) is 6.08. The van der Waals surface area contributed by atoms with Gasteiger partial charge in [-0.15, -0.1) is 36.2 Å². The van der Waals surface area contributed by atoms with E-state index in [0.29, 0.717) is 5.91 Å². The molecule has 2 fully saturated rings. The number of piperazine rings is 1. The van der Waals surface area contributed by atoms with Crippen molar-refractivity contribution in [1.29, 1.82) is 0 Å². The van der Waals surface area contributed by atoms with Gasteiger partial charge in [-0.3, -0.25) is 9.69 Å². The van der Waals surface area contributed by atoms with E-state index < -0.39 is 0 Å². The maximum atomic E-state index is 12.5. The lowest BCUT2D eigenvalue weighted by Gasteiger charge is -2.35. The van der Waals surface area contributed by atoms with Crippen LogP contribution in [0, 0.1) is 5.92 Å². The van der Waals surface area contributed by atoms with Crippen LogP contribution in [0.3, 0.4) is 0 Å². The van der Waals surface area contributed by atoms with Crippen molar-refractivity contribution in [2.75, 3.05) is 26.2 Å². The highest BCUT2D eigenvalue weighted by atomic mass is 35.5. The molecule has 0 radical (unpaired) electrons. The highest BCUT2D eigenvalue weighted by molar-refractivity contribution is 7.16. The van der Waals surface area contributed by atoms with Crippen molar-refractivity contribution in [3.05, 3.63) is 21.3 Å². The molecule has 0 spiro atoms. The normalized spacial score (nSPS) is 24.9. The number of nitrogens with zero attached hydrogens (tertiary/aromatic N) is 2. The van der Waals surface area contributed by atoms with Crippen LogP contribution in [-0.4, -0.2) is 47.9 Å². The van der Waals surface area contributed by atoms with E-state index in [-0.39, 0.29) is 36.8 Å². The van der Waals surface area contributed by atoms with Gasteiger partial charge in [0, 0.05) is 49.6 Å². The molecule has 23 heavy (non-hydrogen) atoms. The SMILES string of the molecule is Cl.Cl.NC1CCC(C(=O)N2CCN(Cc3ccc(Cl)s3)CC2)C1. The third-order valence-corrected chi connectivity index (χ3v) is 5.73. The van der Waals surface area contributed by atoms with Crippen LogP contribution in [0.5, 0.6) is 0 Å². The first-order valence-electron chi connectivity index (χ1n) is 7.63. The van der Waals surface area contributed by atoms with Crippen LogP contribution in [0.4, 0.5) is 0 Å². The Morgan fingerprint density at radius 3 is 2.43 bits per heavy atom. The number of rotatable bonds is 3. The van der Waals surface area contributed by atoms with Crippen molar-refractivity contribution in [2.24, 2.45) is 11.7 Å². The number of hydrogen-bond acceptors (Lipinski definition) is 4. The van der Waals surface area contributed by atoms with Gasteiger partial charge < -0.3 is 10.6 Å². The minimum Gasteiger partial charge on any atom is -0.340 e. The largest absolute Gasteiger partial charge is 0.340 e. The Balaban J connectivity index is 0.00000132. The van der Waals surface area contributed by atoms with Gasteiger partial charge in [0.15, 0.2) is 0 Å². The minimum atomic E-state index is 0. The summed E-state index contributed by atoms with van der Waals surface area (Å²) in [5.41, 5.74) is 5.91. The molecule has 1 aromatic rings. The fourth-order valence-corrected chi connectivity index (χ4v) is 4.41. The molecule has 1 saturated carbocycles. The Morgan fingerprint density at radius 2 is 1.91 bits per heavy atom. The van der Waals surface area contributed by atoms with Crippen molar-refractivity contribution in [3.8, 4) is 0 Å². The third-order valence-electron chi connectivity index (χ3n) is 4.51. The summed E-state index contributed by atoms with van der Waals surface area (Å²) in [6, 6.07) is 4.26. The molecule has 1 amide bonds. The van der Waals surface area contributed by atoms with E-state index in [1.807, 2.05) is 11.0 Å². The van der Waals surface area contributed by atoms with Crippen LogP contribution in [0.2, 0.25) is 4.34 Å². The van der Waals surface area contributed by atoms with Gasteiger partial charge in [-0.2, -0.15) is 0 Å². The molecule has 2 aliphatic rings. The van der Waals surface area contributed by atoms with E-state index in [4.69, 9.17) is 17.3 Å². The zero-order chi connectivity index (χ0) is 14.8. The fraction of sp³-hybridized carbons (Fsp3) is 0.667. The number of nitrogens with two attached hydrogens (primary N) is 1. The first-order valence-corrected chi connectivity index (χ1v) is 8.82. The van der Waals surface area contributed by atoms with Crippen LogP contribution < -0.4 is 5.73 Å². The Hall–Kier alpha value is -0.0400. The predicted octanol–water partition coefficient (Wildman–Crippen LogP) is 3.02. The molecule has 1 aromatic heterocycles. The molecule has 8 heteroatoms. The molecule has 0 aromatic carbocycles. The molecule has 2 atom stereocenters. The maximum Gasteiger partial charge on any atom is 0.225 e. The van der Waals surface area contributed by atoms with E-state index in [1.54, 1.807) is 11.3 Å². The van der Waals surface area contributed by atoms with E-state index >= 15 is 0 Å². The maximum absolute atomic E-state index is 12.5. The zero-order valence-electron chi connectivity index (χ0n) is 12.9. The average Bonchev–Trinajstić information content (AvgIpc) is 3.08. The average molecular weight is 401 g/mol. The topological polar surface area (TPSA) is 49.6 Å². The van der Waals surface area contributed by atoms with Gasteiger partial charge in [0.1, 0.15) is 0 Å². The highest BCUT2D eigenvalue weighted by Crippen LogP contribution is 2.27. The lowest BCUT2D eigenvalue weighted by Crippen LogP contribution is -2.49. The number of halogens is 3. The summed E-state index contributed by atoms with van der Waals surface area (Å²) >= 11 is 7.60. The minimum absolute atomic E-state index is 0. The lowest BCUT2D eigenvalue weighted by molar-refractivity contribution is -0.137. The van der Waals surface area contributed by atoms with Crippen LogP contribution in [0.25, 0.3) is 0 Å². The summed E-state index contributed by atoms with van der Waals surface area (Å²) in [4.78, 5) is 18.2. The Morgan fingerprint density at radius 1 is 1.22 bits per heavy atom. The molecule has 2 heterocycles. The summed E-state index contributed by atoms with van der Waals surface area (Å²) in [5, 5.41) is 0. The molecule has 132 valence electrons. The Labute approximate surface area is 159 Å². The molecule has 3 rings (SSSR count). The standard InChI is InChI=1S/C15H22ClN3OS.2ClH/c16-14-4-3-13(21-14)10-18-5-7-19(8-6-18)15(20)11-1-2-12(17)9-11;;/h3-4,11-12H,1-2,5-10,17H2;2*1H. The number of thiophene rings is 1. The molecule has 4 nitrogen and oxygen atoms in total. The molecular formula is C15H24Cl3N3OS. The number of hydrogen-bond donors (Lipinski definition) is 1. The summed E-state index contributed by atoms with van der Waals surface area (Å²) in [6.45, 7) is 4.50. The summed E-state index contributed by atoms with van der Waals surface area (Å²) in [7, 11) is 0. The van der Waals surface area contributed by atoms with E-state index in [0.717, 1.165) is 56.3 Å². The first kappa shape index (κ1) is 21.0. The van der Waals surface area contributed by atoms with Gasteiger partial charge in [0.05, 0.1) is 4.34 Å².